The van der Waals surface area contributed by atoms with Crippen molar-refractivity contribution in [3.8, 4) is 17.4 Å². The highest BCUT2D eigenvalue weighted by Gasteiger charge is 2.35. The lowest BCUT2D eigenvalue weighted by atomic mass is 9.98. The average Bonchev–Trinajstić information content (AvgIpc) is 3.79. The van der Waals surface area contributed by atoms with Crippen molar-refractivity contribution in [1.29, 1.82) is 0 Å². The summed E-state index contributed by atoms with van der Waals surface area (Å²) < 4.78 is 10.5. The molecule has 1 aromatic heterocycles. The van der Waals surface area contributed by atoms with Crippen LogP contribution in [0.3, 0.4) is 0 Å². The van der Waals surface area contributed by atoms with Crippen LogP contribution in [-0.2, 0) is 17.6 Å². The second-order valence-corrected chi connectivity index (χ2v) is 10.9. The number of methoxy groups -OCH3 is 2. The van der Waals surface area contributed by atoms with Crippen LogP contribution in [0.15, 0.2) is 95.7 Å². The maximum atomic E-state index is 12.6. The molecule has 0 fully saturated rings. The Balaban J connectivity index is 0.000000158. The number of rotatable bonds is 4. The lowest BCUT2D eigenvalue weighted by Gasteiger charge is -2.04. The van der Waals surface area contributed by atoms with Crippen LogP contribution in [0.1, 0.15) is 45.6 Å². The van der Waals surface area contributed by atoms with Crippen LogP contribution in [0.2, 0.25) is 0 Å². The quantitative estimate of drug-likeness (QED) is 0.142. The molecule has 0 saturated carbocycles. The summed E-state index contributed by atoms with van der Waals surface area (Å²) in [5.41, 5.74) is 8.53. The van der Waals surface area contributed by atoms with Gasteiger partial charge < -0.3 is 24.9 Å². The molecule has 0 saturated heterocycles. The second kappa shape index (κ2) is 11.9. The number of hydrogen-bond donors (Lipinski definition) is 3. The largest absolute Gasteiger partial charge is 0.497 e. The Labute approximate surface area is 265 Å². The average molecular weight is 614 g/mol. The zero-order valence-corrected chi connectivity index (χ0v) is 24.4. The van der Waals surface area contributed by atoms with Gasteiger partial charge in [-0.3, -0.25) is 9.59 Å². The number of hydrogen-bond acceptors (Lipinski definition) is 7. The molecule has 0 unspecified atom stereocenters. The molecule has 9 heteroatoms. The number of carbonyl (C=O) groups is 2. The Bertz CT molecular complexity index is 2140. The fraction of sp³-hybridized carbons (Fsp3) is 0.135. The highest BCUT2D eigenvalue weighted by atomic mass is 16.5. The van der Waals surface area contributed by atoms with Gasteiger partial charge in [-0.2, -0.15) is 0 Å². The van der Waals surface area contributed by atoms with E-state index in [0.29, 0.717) is 52.3 Å². The maximum Gasteiger partial charge on any atom is 0.256 e. The third kappa shape index (κ3) is 4.82. The van der Waals surface area contributed by atoms with Crippen LogP contribution in [0, 0.1) is 4.91 Å². The van der Waals surface area contributed by atoms with E-state index in [1.165, 1.54) is 0 Å². The Morgan fingerprint density at radius 2 is 1.39 bits per heavy atom. The summed E-state index contributed by atoms with van der Waals surface area (Å²) >= 11 is 0. The van der Waals surface area contributed by atoms with Crippen molar-refractivity contribution in [2.45, 2.75) is 20.3 Å². The van der Waals surface area contributed by atoms with E-state index in [-0.39, 0.29) is 25.0 Å². The molecule has 2 aliphatic carbocycles. The molecule has 46 heavy (non-hydrogen) atoms. The van der Waals surface area contributed by atoms with E-state index in [9.17, 15) is 19.6 Å². The van der Waals surface area contributed by atoms with Crippen LogP contribution >= 0.6 is 0 Å². The molecule has 230 valence electrons. The first-order chi connectivity index (χ1) is 21.9. The zero-order valence-electron chi connectivity index (χ0n) is 24.4. The molecule has 9 nitrogen and oxygen atoms in total. The van der Waals surface area contributed by atoms with Gasteiger partial charge in [0.2, 0.25) is 0 Å². The molecule has 3 N–H and O–H groups in total. The van der Waals surface area contributed by atoms with Gasteiger partial charge in [0.15, 0.2) is 11.7 Å². The summed E-state index contributed by atoms with van der Waals surface area (Å²) in [6.07, 6.45) is 1.06. The highest BCUT2D eigenvalue weighted by molar-refractivity contribution is 6.37. The molecular formula is C37H31N3O6. The SMILES string of the molecule is C.COc1ccc2[nH]c(O)c(C3=C(N=O)c4ccccc4C3)c2c1.COc1ccc2c(c1)/C(=C1/Cc3ccccc3C1=O)C(=O)N2. The third-order valence-corrected chi connectivity index (χ3v) is 8.48. The number of carbonyl (C=O) groups excluding carboxylic acids is 2. The van der Waals surface area contributed by atoms with Gasteiger partial charge in [-0.05, 0) is 58.3 Å². The van der Waals surface area contributed by atoms with Crippen LogP contribution in [0.25, 0.3) is 27.7 Å². The molecule has 8 rings (SSSR count). The molecule has 0 spiro atoms. The number of fused-ring (bicyclic) bond motifs is 4. The topological polar surface area (TPSA) is 130 Å². The molecule has 0 radical (unpaired) electrons. The Morgan fingerprint density at radius 1 is 0.761 bits per heavy atom. The van der Waals surface area contributed by atoms with Gasteiger partial charge in [-0.25, -0.2) is 0 Å². The number of amides is 1. The summed E-state index contributed by atoms with van der Waals surface area (Å²) in [5, 5.41) is 17.2. The number of anilines is 1. The van der Waals surface area contributed by atoms with Crippen LogP contribution in [-0.4, -0.2) is 36.0 Å². The van der Waals surface area contributed by atoms with Gasteiger partial charge in [0.1, 0.15) is 17.2 Å². The number of Topliss-reactive ketones (excluding diaryl/α,β-unsaturated/α-hetero) is 1. The fourth-order valence-electron chi connectivity index (χ4n) is 6.35. The third-order valence-electron chi connectivity index (χ3n) is 8.48. The van der Waals surface area contributed by atoms with Crippen LogP contribution < -0.4 is 14.8 Å². The number of nitroso groups, excluding NO2 is 1. The van der Waals surface area contributed by atoms with Crippen molar-refractivity contribution in [2.24, 2.45) is 5.18 Å². The number of allylic oxidation sites excluding steroid dienone is 2. The standard InChI is InChI=1S/C18H14N2O3.C18H13NO3.CH4/c1-23-11-6-7-15-13(9-11)16(18(21)19-15)14-8-10-4-2-3-5-12(10)17(14)20-22;1-22-11-6-7-15-13(9-11)16(18(21)19-15)14-8-10-4-2-3-5-12(10)17(14)20;/h2-7,9,19,21H,8H2,1H3;2-7,9H,8H2,1H3,(H,19,21);1H4/b;16-14+;. The lowest BCUT2D eigenvalue weighted by Crippen LogP contribution is -2.09. The smallest absolute Gasteiger partial charge is 0.256 e. The first kappa shape index (κ1) is 30.1. The number of benzene rings is 4. The second-order valence-electron chi connectivity index (χ2n) is 10.9. The van der Waals surface area contributed by atoms with Gasteiger partial charge in [-0.1, -0.05) is 56.0 Å². The number of ether oxygens (including phenoxy) is 2. The van der Waals surface area contributed by atoms with Gasteiger partial charge in [-0.15, -0.1) is 4.91 Å². The number of H-pyrrole nitrogens is 1. The monoisotopic (exact) mass is 613 g/mol. The maximum absolute atomic E-state index is 12.6. The summed E-state index contributed by atoms with van der Waals surface area (Å²) in [6.45, 7) is 0. The van der Waals surface area contributed by atoms with Crippen molar-refractivity contribution in [2.75, 3.05) is 19.5 Å². The van der Waals surface area contributed by atoms with Gasteiger partial charge in [0, 0.05) is 57.3 Å². The number of nitrogens with one attached hydrogen (secondary N) is 2. The van der Waals surface area contributed by atoms with Gasteiger partial charge in [0.05, 0.1) is 19.8 Å². The fourth-order valence-corrected chi connectivity index (χ4v) is 6.35. The lowest BCUT2D eigenvalue weighted by molar-refractivity contribution is -0.110. The minimum atomic E-state index is -0.223. The van der Waals surface area contributed by atoms with Crippen molar-refractivity contribution in [3.63, 3.8) is 0 Å². The van der Waals surface area contributed by atoms with Gasteiger partial charge >= 0.3 is 0 Å². The first-order valence-corrected chi connectivity index (χ1v) is 14.3. The van der Waals surface area contributed by atoms with E-state index in [0.717, 1.165) is 44.4 Å². The molecule has 1 aliphatic heterocycles. The van der Waals surface area contributed by atoms with E-state index >= 15 is 0 Å². The minimum absolute atomic E-state index is 0. The Kier molecular flexibility index (Phi) is 7.75. The summed E-state index contributed by atoms with van der Waals surface area (Å²) in [7, 11) is 3.17. The van der Waals surface area contributed by atoms with E-state index in [2.05, 4.69) is 15.5 Å². The number of aromatic nitrogens is 1. The first-order valence-electron chi connectivity index (χ1n) is 14.3. The van der Waals surface area contributed by atoms with E-state index in [1.807, 2.05) is 66.7 Å². The zero-order chi connectivity index (χ0) is 31.2. The predicted octanol–water partition coefficient (Wildman–Crippen LogP) is 7.55. The van der Waals surface area contributed by atoms with E-state index in [4.69, 9.17) is 9.47 Å². The highest BCUT2D eigenvalue weighted by Crippen LogP contribution is 2.45. The number of aromatic hydroxyl groups is 1. The number of aromatic amines is 1. The molecule has 4 aromatic carbocycles. The molecule has 2 heterocycles. The normalized spacial score (nSPS) is 15.8. The number of nitrogens with zero attached hydrogens (tertiary/aromatic N) is 1. The van der Waals surface area contributed by atoms with Crippen molar-refractivity contribution >= 4 is 45.1 Å². The van der Waals surface area contributed by atoms with E-state index in [1.54, 1.807) is 32.4 Å². The van der Waals surface area contributed by atoms with E-state index < -0.39 is 0 Å². The molecule has 1 amide bonds. The van der Waals surface area contributed by atoms with Crippen molar-refractivity contribution in [3.05, 3.63) is 129 Å². The Morgan fingerprint density at radius 3 is 2.09 bits per heavy atom. The molecule has 3 aliphatic rings. The van der Waals surface area contributed by atoms with Gasteiger partial charge in [0.25, 0.3) is 5.91 Å². The molecule has 0 bridgehead atoms. The van der Waals surface area contributed by atoms with Crippen LogP contribution in [0.4, 0.5) is 5.69 Å². The number of ketones is 1. The van der Waals surface area contributed by atoms with Crippen LogP contribution in [0.5, 0.6) is 17.4 Å². The molecule has 5 aromatic rings. The minimum Gasteiger partial charge on any atom is -0.497 e. The summed E-state index contributed by atoms with van der Waals surface area (Å²) in [5.74, 6) is 1.11. The summed E-state index contributed by atoms with van der Waals surface area (Å²) in [6, 6.07) is 26.0. The molecule has 0 atom stereocenters. The van der Waals surface area contributed by atoms with Crippen molar-refractivity contribution < 1.29 is 24.2 Å². The summed E-state index contributed by atoms with van der Waals surface area (Å²) in [4.78, 5) is 39.3. The predicted molar refractivity (Wildman–Crippen MR) is 179 cm³/mol. The molecular weight excluding hydrogens is 582 g/mol. The Hall–Kier alpha value is -5.96. The van der Waals surface area contributed by atoms with Crippen molar-refractivity contribution in [1.82, 2.24) is 4.98 Å².